The van der Waals surface area contributed by atoms with Crippen molar-refractivity contribution in [3.63, 3.8) is 0 Å². The Hall–Kier alpha value is -1.97. The molecule has 2 aromatic carbocycles. The number of nitrogen functional groups attached to an aromatic ring is 1. The number of rotatable bonds is 0. The third kappa shape index (κ3) is 3.65. The Labute approximate surface area is 91.3 Å². The standard InChI is InChI=1S/C6H4F2.C6H6FN/c2*7-5-3-1-2-4-6(5)8/h1-4H;1-4H,8H2. The predicted octanol–water partition coefficient (Wildman–Crippen LogP) is 3.37. The van der Waals surface area contributed by atoms with E-state index in [1.807, 2.05) is 0 Å². The van der Waals surface area contributed by atoms with Crippen molar-refractivity contribution in [2.24, 2.45) is 0 Å². The molecule has 2 N–H and O–H groups in total. The molecule has 0 atom stereocenters. The molecule has 0 aliphatic rings. The number of para-hydroxylation sites is 1. The molecule has 0 amide bonds. The van der Waals surface area contributed by atoms with E-state index in [9.17, 15) is 13.2 Å². The van der Waals surface area contributed by atoms with E-state index >= 15 is 0 Å². The van der Waals surface area contributed by atoms with Gasteiger partial charge in [0.2, 0.25) is 0 Å². The first kappa shape index (κ1) is 12.1. The summed E-state index contributed by atoms with van der Waals surface area (Å²) in [4.78, 5) is 0. The molecule has 84 valence electrons. The summed E-state index contributed by atoms with van der Waals surface area (Å²) in [5.41, 5.74) is 5.35. The van der Waals surface area contributed by atoms with Crippen LogP contribution in [0.5, 0.6) is 0 Å². The van der Waals surface area contributed by atoms with Crippen molar-refractivity contribution >= 4 is 5.69 Å². The summed E-state index contributed by atoms with van der Waals surface area (Å²) in [6.07, 6.45) is 0. The summed E-state index contributed by atoms with van der Waals surface area (Å²) in [6.45, 7) is 0. The summed E-state index contributed by atoms with van der Waals surface area (Å²) in [7, 11) is 0. The molecule has 0 heterocycles. The molecule has 0 fully saturated rings. The average molecular weight is 225 g/mol. The van der Waals surface area contributed by atoms with Crippen LogP contribution in [0.1, 0.15) is 0 Å². The molecule has 1 nitrogen and oxygen atoms in total. The highest BCUT2D eigenvalue weighted by Crippen LogP contribution is 2.05. The lowest BCUT2D eigenvalue weighted by Gasteiger charge is -1.89. The second-order valence-electron chi connectivity index (χ2n) is 2.94. The molecule has 2 rings (SSSR count). The Morgan fingerprint density at radius 3 is 1.25 bits per heavy atom. The fourth-order valence-corrected chi connectivity index (χ4v) is 0.914. The molecular weight excluding hydrogens is 215 g/mol. The van der Waals surface area contributed by atoms with Gasteiger partial charge in [0.25, 0.3) is 0 Å². The first-order chi connectivity index (χ1) is 7.61. The number of hydrogen-bond acceptors (Lipinski definition) is 1. The van der Waals surface area contributed by atoms with Crippen LogP contribution < -0.4 is 5.73 Å². The third-order valence-electron chi connectivity index (χ3n) is 1.73. The molecule has 16 heavy (non-hydrogen) atoms. The molecule has 2 aromatic rings. The minimum Gasteiger partial charge on any atom is -0.396 e. The molecule has 0 spiro atoms. The van der Waals surface area contributed by atoms with Crippen LogP contribution in [-0.4, -0.2) is 0 Å². The van der Waals surface area contributed by atoms with E-state index in [0.717, 1.165) is 12.1 Å². The van der Waals surface area contributed by atoms with Crippen LogP contribution in [-0.2, 0) is 0 Å². The average Bonchev–Trinajstić information content (AvgIpc) is 2.28. The molecular formula is C12H10F3N. The zero-order chi connectivity index (χ0) is 12.0. The zero-order valence-electron chi connectivity index (χ0n) is 8.33. The van der Waals surface area contributed by atoms with Gasteiger partial charge in [-0.25, -0.2) is 13.2 Å². The smallest absolute Gasteiger partial charge is 0.158 e. The Morgan fingerprint density at radius 2 is 1.00 bits per heavy atom. The first-order valence-corrected chi connectivity index (χ1v) is 4.51. The second kappa shape index (κ2) is 5.80. The van der Waals surface area contributed by atoms with Crippen LogP contribution >= 0.6 is 0 Å². The van der Waals surface area contributed by atoms with Gasteiger partial charge in [-0.1, -0.05) is 24.3 Å². The van der Waals surface area contributed by atoms with Crippen molar-refractivity contribution in [2.75, 3.05) is 5.73 Å². The fourth-order valence-electron chi connectivity index (χ4n) is 0.914. The number of halogens is 3. The van der Waals surface area contributed by atoms with E-state index in [1.165, 1.54) is 24.3 Å². The maximum Gasteiger partial charge on any atom is 0.158 e. The van der Waals surface area contributed by atoms with Crippen LogP contribution in [0.3, 0.4) is 0 Å². The van der Waals surface area contributed by atoms with Gasteiger partial charge in [0.05, 0.1) is 5.69 Å². The van der Waals surface area contributed by atoms with Crippen LogP contribution in [0.15, 0.2) is 48.5 Å². The van der Waals surface area contributed by atoms with Crippen molar-refractivity contribution < 1.29 is 13.2 Å². The highest BCUT2D eigenvalue weighted by molar-refractivity contribution is 5.38. The van der Waals surface area contributed by atoms with E-state index in [1.54, 1.807) is 12.1 Å². The first-order valence-electron chi connectivity index (χ1n) is 4.51. The van der Waals surface area contributed by atoms with Gasteiger partial charge in [-0.05, 0) is 24.3 Å². The summed E-state index contributed by atoms with van der Waals surface area (Å²) in [5, 5.41) is 0. The van der Waals surface area contributed by atoms with Crippen molar-refractivity contribution in [2.45, 2.75) is 0 Å². The minimum absolute atomic E-state index is 0.201. The molecule has 0 saturated carbocycles. The molecule has 0 radical (unpaired) electrons. The molecule has 0 saturated heterocycles. The van der Waals surface area contributed by atoms with Crippen LogP contribution in [0.2, 0.25) is 0 Å². The largest absolute Gasteiger partial charge is 0.396 e. The summed E-state index contributed by atoms with van der Waals surface area (Å²) in [5.74, 6) is -1.95. The Kier molecular flexibility index (Phi) is 4.39. The maximum atomic E-state index is 12.2. The Morgan fingerprint density at radius 1 is 0.625 bits per heavy atom. The van der Waals surface area contributed by atoms with Crippen molar-refractivity contribution in [1.82, 2.24) is 0 Å². The van der Waals surface area contributed by atoms with Crippen molar-refractivity contribution in [1.29, 1.82) is 0 Å². The van der Waals surface area contributed by atoms with Crippen LogP contribution in [0.4, 0.5) is 18.9 Å². The third-order valence-corrected chi connectivity index (χ3v) is 1.73. The Balaban J connectivity index is 0.000000160. The van der Waals surface area contributed by atoms with E-state index in [0.29, 0.717) is 0 Å². The second-order valence-corrected chi connectivity index (χ2v) is 2.94. The van der Waals surface area contributed by atoms with Gasteiger partial charge >= 0.3 is 0 Å². The number of hydrogen-bond donors (Lipinski definition) is 1. The van der Waals surface area contributed by atoms with E-state index in [4.69, 9.17) is 5.73 Å². The molecule has 0 bridgehead atoms. The minimum atomic E-state index is -0.799. The normalized spacial score (nSPS) is 9.19. The summed E-state index contributed by atoms with van der Waals surface area (Å²) >= 11 is 0. The Bertz CT molecular complexity index is 372. The topological polar surface area (TPSA) is 26.0 Å². The lowest BCUT2D eigenvalue weighted by atomic mass is 10.3. The van der Waals surface area contributed by atoms with Crippen LogP contribution in [0.25, 0.3) is 0 Å². The van der Waals surface area contributed by atoms with Gasteiger partial charge in [0.15, 0.2) is 11.6 Å². The molecule has 4 heteroatoms. The molecule has 0 unspecified atom stereocenters. The lowest BCUT2D eigenvalue weighted by Crippen LogP contribution is -1.86. The fraction of sp³-hybridized carbons (Fsp3) is 0. The predicted molar refractivity (Wildman–Crippen MR) is 57.2 cm³/mol. The van der Waals surface area contributed by atoms with E-state index < -0.39 is 11.6 Å². The lowest BCUT2D eigenvalue weighted by molar-refractivity contribution is 0.508. The van der Waals surface area contributed by atoms with Crippen molar-refractivity contribution in [3.05, 3.63) is 66.0 Å². The SMILES string of the molecule is Fc1ccccc1F.Nc1ccccc1F. The zero-order valence-corrected chi connectivity index (χ0v) is 8.33. The van der Waals surface area contributed by atoms with Crippen LogP contribution in [0, 0.1) is 17.5 Å². The van der Waals surface area contributed by atoms with Gasteiger partial charge in [-0.15, -0.1) is 0 Å². The number of benzene rings is 2. The summed E-state index contributed by atoms with van der Waals surface area (Å²) < 4.78 is 36.1. The quantitative estimate of drug-likeness (QED) is 0.683. The molecule has 0 aliphatic heterocycles. The maximum absolute atomic E-state index is 12.2. The van der Waals surface area contributed by atoms with Gasteiger partial charge in [-0.3, -0.25) is 0 Å². The van der Waals surface area contributed by atoms with Gasteiger partial charge < -0.3 is 5.73 Å². The van der Waals surface area contributed by atoms with E-state index in [2.05, 4.69) is 0 Å². The number of nitrogens with two attached hydrogens (primary N) is 1. The van der Waals surface area contributed by atoms with Crippen molar-refractivity contribution in [3.8, 4) is 0 Å². The van der Waals surface area contributed by atoms with Gasteiger partial charge in [-0.2, -0.15) is 0 Å². The van der Waals surface area contributed by atoms with Gasteiger partial charge in [0, 0.05) is 0 Å². The molecule has 0 aliphatic carbocycles. The summed E-state index contributed by atoms with van der Waals surface area (Å²) in [6, 6.07) is 11.2. The monoisotopic (exact) mass is 225 g/mol. The number of anilines is 1. The molecule has 0 aromatic heterocycles. The highest BCUT2D eigenvalue weighted by atomic mass is 19.2. The van der Waals surface area contributed by atoms with Gasteiger partial charge in [0.1, 0.15) is 5.82 Å². The highest BCUT2D eigenvalue weighted by Gasteiger charge is 1.93. The van der Waals surface area contributed by atoms with E-state index in [-0.39, 0.29) is 11.5 Å².